The van der Waals surface area contributed by atoms with Crippen LogP contribution >= 0.6 is 15.9 Å². The second-order valence-corrected chi connectivity index (χ2v) is 5.56. The standard InChI is InChI=1S/C16H14BrN3O5/c1-24-14-8-15(25-2)12(17)7-10(14)9-18-19-16(21)11-5-3-4-6-13(11)20(22)23/h3-9H,1-2H3,(H,19,21)/b18-9+. The Morgan fingerprint density at radius 1 is 1.24 bits per heavy atom. The summed E-state index contributed by atoms with van der Waals surface area (Å²) in [5.41, 5.74) is 2.48. The number of hydrogen-bond donors (Lipinski definition) is 1. The molecule has 1 N–H and O–H groups in total. The lowest BCUT2D eigenvalue weighted by Gasteiger charge is -2.09. The van der Waals surface area contributed by atoms with Gasteiger partial charge in [0, 0.05) is 17.7 Å². The number of halogens is 1. The van der Waals surface area contributed by atoms with E-state index in [9.17, 15) is 14.9 Å². The van der Waals surface area contributed by atoms with Crippen LogP contribution in [0.15, 0.2) is 46.0 Å². The number of nitro groups is 1. The van der Waals surface area contributed by atoms with Crippen LogP contribution in [-0.4, -0.2) is 31.3 Å². The van der Waals surface area contributed by atoms with E-state index < -0.39 is 10.8 Å². The fourth-order valence-electron chi connectivity index (χ4n) is 2.03. The Labute approximate surface area is 151 Å². The molecule has 0 aliphatic heterocycles. The Morgan fingerprint density at radius 3 is 2.56 bits per heavy atom. The summed E-state index contributed by atoms with van der Waals surface area (Å²) in [6, 6.07) is 9.00. The first-order chi connectivity index (χ1) is 12.0. The quantitative estimate of drug-likeness (QED) is 0.450. The van der Waals surface area contributed by atoms with E-state index in [0.29, 0.717) is 21.5 Å². The zero-order valence-corrected chi connectivity index (χ0v) is 14.9. The molecule has 0 fully saturated rings. The number of carbonyl (C=O) groups excluding carboxylic acids is 1. The summed E-state index contributed by atoms with van der Waals surface area (Å²) >= 11 is 3.35. The second-order valence-electron chi connectivity index (χ2n) is 4.70. The third kappa shape index (κ3) is 4.32. The van der Waals surface area contributed by atoms with Gasteiger partial charge in [-0.3, -0.25) is 14.9 Å². The molecule has 0 saturated carbocycles. The maximum atomic E-state index is 12.1. The molecule has 0 aliphatic rings. The van der Waals surface area contributed by atoms with Gasteiger partial charge in [-0.1, -0.05) is 12.1 Å². The summed E-state index contributed by atoms with van der Waals surface area (Å²) in [5, 5.41) is 14.8. The number of amides is 1. The zero-order chi connectivity index (χ0) is 18.4. The number of ether oxygens (including phenoxy) is 2. The van der Waals surface area contributed by atoms with Crippen LogP contribution in [0.1, 0.15) is 15.9 Å². The van der Waals surface area contributed by atoms with Crippen molar-refractivity contribution in [2.45, 2.75) is 0 Å². The lowest BCUT2D eigenvalue weighted by atomic mass is 10.2. The van der Waals surface area contributed by atoms with Crippen molar-refractivity contribution in [2.24, 2.45) is 5.10 Å². The molecule has 2 aromatic carbocycles. The van der Waals surface area contributed by atoms with Crippen LogP contribution in [0.4, 0.5) is 5.69 Å². The average molecular weight is 408 g/mol. The number of carbonyl (C=O) groups is 1. The third-order valence-corrected chi connectivity index (χ3v) is 3.84. The molecule has 130 valence electrons. The van der Waals surface area contributed by atoms with Gasteiger partial charge in [0.25, 0.3) is 11.6 Å². The largest absolute Gasteiger partial charge is 0.496 e. The first kappa shape index (κ1) is 18.4. The molecule has 25 heavy (non-hydrogen) atoms. The fourth-order valence-corrected chi connectivity index (χ4v) is 2.55. The third-order valence-electron chi connectivity index (χ3n) is 3.22. The number of methoxy groups -OCH3 is 2. The molecule has 8 nitrogen and oxygen atoms in total. The van der Waals surface area contributed by atoms with Gasteiger partial charge in [-0.15, -0.1) is 0 Å². The van der Waals surface area contributed by atoms with E-state index in [0.717, 1.165) is 0 Å². The molecule has 0 atom stereocenters. The molecule has 9 heteroatoms. The summed E-state index contributed by atoms with van der Waals surface area (Å²) in [6.45, 7) is 0. The van der Waals surface area contributed by atoms with Crippen molar-refractivity contribution >= 4 is 33.7 Å². The van der Waals surface area contributed by atoms with Crippen LogP contribution in [0.2, 0.25) is 0 Å². The maximum absolute atomic E-state index is 12.1. The highest BCUT2D eigenvalue weighted by Crippen LogP contribution is 2.31. The number of rotatable bonds is 6. The summed E-state index contributed by atoms with van der Waals surface area (Å²) in [4.78, 5) is 22.4. The van der Waals surface area contributed by atoms with Crippen molar-refractivity contribution in [1.82, 2.24) is 5.43 Å². The molecule has 2 rings (SSSR count). The fraction of sp³-hybridized carbons (Fsp3) is 0.125. The summed E-state index contributed by atoms with van der Waals surface area (Å²) in [6.07, 6.45) is 1.37. The van der Waals surface area contributed by atoms with Gasteiger partial charge in [0.2, 0.25) is 0 Å². The van der Waals surface area contributed by atoms with E-state index in [1.54, 1.807) is 12.1 Å². The smallest absolute Gasteiger partial charge is 0.282 e. The lowest BCUT2D eigenvalue weighted by molar-refractivity contribution is -0.385. The van der Waals surface area contributed by atoms with Gasteiger partial charge in [0.15, 0.2) is 0 Å². The molecule has 0 aromatic heterocycles. The van der Waals surface area contributed by atoms with Gasteiger partial charge in [-0.25, -0.2) is 5.43 Å². The van der Waals surface area contributed by atoms with Crippen molar-refractivity contribution in [3.05, 3.63) is 62.1 Å². The Bertz CT molecular complexity index is 839. The van der Waals surface area contributed by atoms with Crippen LogP contribution in [-0.2, 0) is 0 Å². The number of hydrazone groups is 1. The topological polar surface area (TPSA) is 103 Å². The normalized spacial score (nSPS) is 10.5. The van der Waals surface area contributed by atoms with E-state index in [2.05, 4.69) is 26.5 Å². The molecule has 1 amide bonds. The minimum Gasteiger partial charge on any atom is -0.496 e. The molecule has 0 spiro atoms. The van der Waals surface area contributed by atoms with Crippen LogP contribution < -0.4 is 14.9 Å². The van der Waals surface area contributed by atoms with Gasteiger partial charge in [0.1, 0.15) is 17.1 Å². The maximum Gasteiger partial charge on any atom is 0.282 e. The van der Waals surface area contributed by atoms with Crippen molar-refractivity contribution in [2.75, 3.05) is 14.2 Å². The van der Waals surface area contributed by atoms with Gasteiger partial charge in [-0.2, -0.15) is 5.10 Å². The van der Waals surface area contributed by atoms with Crippen LogP contribution in [0.5, 0.6) is 11.5 Å². The predicted molar refractivity (Wildman–Crippen MR) is 95.4 cm³/mol. The molecule has 0 unspecified atom stereocenters. The van der Waals surface area contributed by atoms with Crippen molar-refractivity contribution < 1.29 is 19.2 Å². The van der Waals surface area contributed by atoms with Crippen molar-refractivity contribution in [3.8, 4) is 11.5 Å². The Hall–Kier alpha value is -2.94. The van der Waals surface area contributed by atoms with E-state index in [-0.39, 0.29) is 11.3 Å². The number of nitrogens with one attached hydrogen (secondary N) is 1. The van der Waals surface area contributed by atoms with Gasteiger partial charge in [0.05, 0.1) is 29.8 Å². The summed E-state index contributed by atoms with van der Waals surface area (Å²) in [5.74, 6) is 0.386. The zero-order valence-electron chi connectivity index (χ0n) is 13.4. The number of nitro benzene ring substituents is 1. The molecule has 0 heterocycles. The van der Waals surface area contributed by atoms with E-state index in [1.807, 2.05) is 0 Å². The number of hydrogen-bond acceptors (Lipinski definition) is 6. The number of nitrogens with zero attached hydrogens (tertiary/aromatic N) is 2. The summed E-state index contributed by atoms with van der Waals surface area (Å²) < 4.78 is 11.1. The number of benzene rings is 2. The lowest BCUT2D eigenvalue weighted by Crippen LogP contribution is -2.19. The van der Waals surface area contributed by atoms with E-state index >= 15 is 0 Å². The minimum atomic E-state index is -0.685. The molecule has 0 aliphatic carbocycles. The molecular weight excluding hydrogens is 394 g/mol. The van der Waals surface area contributed by atoms with Gasteiger partial charge < -0.3 is 9.47 Å². The molecule has 0 radical (unpaired) electrons. The first-order valence-corrected chi connectivity index (χ1v) is 7.75. The Balaban J connectivity index is 2.20. The highest BCUT2D eigenvalue weighted by Gasteiger charge is 2.18. The van der Waals surface area contributed by atoms with Gasteiger partial charge >= 0.3 is 0 Å². The van der Waals surface area contributed by atoms with Crippen LogP contribution in [0, 0.1) is 10.1 Å². The predicted octanol–water partition coefficient (Wildman–Crippen LogP) is 3.14. The van der Waals surface area contributed by atoms with E-state index in [1.165, 1.54) is 44.7 Å². The van der Waals surface area contributed by atoms with Crippen LogP contribution in [0.3, 0.4) is 0 Å². The molecular formula is C16H14BrN3O5. The number of para-hydroxylation sites is 1. The first-order valence-electron chi connectivity index (χ1n) is 6.96. The van der Waals surface area contributed by atoms with Gasteiger partial charge in [-0.05, 0) is 28.1 Å². The molecule has 2 aromatic rings. The van der Waals surface area contributed by atoms with E-state index in [4.69, 9.17) is 9.47 Å². The second kappa shape index (κ2) is 8.25. The van der Waals surface area contributed by atoms with Crippen molar-refractivity contribution in [1.29, 1.82) is 0 Å². The highest BCUT2D eigenvalue weighted by atomic mass is 79.9. The van der Waals surface area contributed by atoms with Crippen molar-refractivity contribution in [3.63, 3.8) is 0 Å². The SMILES string of the molecule is COc1cc(OC)c(/C=N/NC(=O)c2ccccc2[N+](=O)[O-])cc1Br. The Kier molecular flexibility index (Phi) is 6.07. The summed E-state index contributed by atoms with van der Waals surface area (Å²) in [7, 11) is 3.02. The Morgan fingerprint density at radius 2 is 1.92 bits per heavy atom. The average Bonchev–Trinajstić information content (AvgIpc) is 2.61. The molecule has 0 saturated heterocycles. The minimum absolute atomic E-state index is 0.0764. The highest BCUT2D eigenvalue weighted by molar-refractivity contribution is 9.10. The molecule has 0 bridgehead atoms. The monoisotopic (exact) mass is 407 g/mol. The van der Waals surface area contributed by atoms with Crippen LogP contribution in [0.25, 0.3) is 0 Å².